The van der Waals surface area contributed by atoms with E-state index in [2.05, 4.69) is 17.0 Å². The molecule has 0 atom stereocenters. The van der Waals surface area contributed by atoms with Crippen molar-refractivity contribution in [2.75, 3.05) is 19.3 Å². The fourth-order valence-corrected chi connectivity index (χ4v) is 4.74. The summed E-state index contributed by atoms with van der Waals surface area (Å²) in [4.78, 5) is 14.9. The number of amides is 1. The number of imidazole rings is 1. The van der Waals surface area contributed by atoms with Gasteiger partial charge in [0.25, 0.3) is 5.91 Å². The highest BCUT2D eigenvalue weighted by molar-refractivity contribution is 7.88. The number of nitrogens with two attached hydrogens (primary N) is 1. The third kappa shape index (κ3) is 2.79. The first kappa shape index (κ1) is 17.9. The Labute approximate surface area is 155 Å². The molecule has 3 N–H and O–H groups in total. The standard InChI is InChI=1S/C17H20FN5O3S/c1-17(3-5-22(6-4-17)27(2,25)26)12-9-20-23-14-11(15(19)24)7-10(18)8-13(14)21-16(12)23/h7-9,21H,3-6H2,1-2H3,(H2,19,24). The topological polar surface area (TPSA) is 114 Å². The van der Waals surface area contributed by atoms with Crippen LogP contribution in [0.4, 0.5) is 4.39 Å². The van der Waals surface area contributed by atoms with E-state index in [1.807, 2.05) is 0 Å². The molecule has 10 heteroatoms. The zero-order valence-corrected chi connectivity index (χ0v) is 15.8. The van der Waals surface area contributed by atoms with Crippen molar-refractivity contribution in [3.8, 4) is 0 Å². The van der Waals surface area contributed by atoms with E-state index in [4.69, 9.17) is 5.73 Å². The van der Waals surface area contributed by atoms with E-state index in [9.17, 15) is 17.6 Å². The average Bonchev–Trinajstić information content (AvgIpc) is 3.12. The number of aromatic amines is 1. The van der Waals surface area contributed by atoms with Crippen LogP contribution in [0, 0.1) is 5.82 Å². The first-order valence-electron chi connectivity index (χ1n) is 8.54. The number of carbonyl (C=O) groups is 1. The summed E-state index contributed by atoms with van der Waals surface area (Å²) in [6.07, 6.45) is 4.20. The molecule has 1 aliphatic heterocycles. The molecule has 144 valence electrons. The van der Waals surface area contributed by atoms with Gasteiger partial charge in [-0.1, -0.05) is 6.92 Å². The average molecular weight is 393 g/mol. The predicted molar refractivity (Wildman–Crippen MR) is 98.5 cm³/mol. The number of benzene rings is 1. The van der Waals surface area contributed by atoms with Crippen LogP contribution in [0.5, 0.6) is 0 Å². The van der Waals surface area contributed by atoms with Crippen molar-refractivity contribution in [2.45, 2.75) is 25.2 Å². The number of primary amides is 1. The molecule has 3 aromatic rings. The molecule has 0 unspecified atom stereocenters. The quantitative estimate of drug-likeness (QED) is 0.699. The van der Waals surface area contributed by atoms with Gasteiger partial charge < -0.3 is 10.7 Å². The molecule has 1 amide bonds. The number of hydrogen-bond donors (Lipinski definition) is 2. The van der Waals surface area contributed by atoms with Gasteiger partial charge in [0, 0.05) is 24.1 Å². The van der Waals surface area contributed by atoms with E-state index in [-0.39, 0.29) is 11.0 Å². The van der Waals surface area contributed by atoms with Crippen LogP contribution in [0.25, 0.3) is 16.7 Å². The lowest BCUT2D eigenvalue weighted by Gasteiger charge is -2.37. The van der Waals surface area contributed by atoms with Gasteiger partial charge in [0.2, 0.25) is 10.0 Å². The molecule has 0 radical (unpaired) electrons. The molecule has 0 bridgehead atoms. The molecule has 1 aliphatic rings. The van der Waals surface area contributed by atoms with Gasteiger partial charge in [-0.05, 0) is 25.0 Å². The summed E-state index contributed by atoms with van der Waals surface area (Å²) in [5.41, 5.74) is 7.60. The van der Waals surface area contributed by atoms with Gasteiger partial charge in [0.1, 0.15) is 17.0 Å². The molecule has 0 aliphatic carbocycles. The molecule has 0 saturated carbocycles. The minimum atomic E-state index is -3.22. The van der Waals surface area contributed by atoms with Gasteiger partial charge in [-0.25, -0.2) is 21.6 Å². The Morgan fingerprint density at radius 1 is 1.33 bits per heavy atom. The van der Waals surface area contributed by atoms with E-state index < -0.39 is 21.7 Å². The minimum absolute atomic E-state index is 0.0583. The summed E-state index contributed by atoms with van der Waals surface area (Å²) < 4.78 is 40.4. The number of carbonyl (C=O) groups excluding carboxylic acids is 1. The third-order valence-corrected chi connectivity index (χ3v) is 6.82. The Kier molecular flexibility index (Phi) is 3.83. The molecule has 8 nitrogen and oxygen atoms in total. The first-order valence-corrected chi connectivity index (χ1v) is 10.4. The van der Waals surface area contributed by atoms with Crippen molar-refractivity contribution < 1.29 is 17.6 Å². The van der Waals surface area contributed by atoms with Crippen molar-refractivity contribution >= 4 is 32.6 Å². The lowest BCUT2D eigenvalue weighted by atomic mass is 9.76. The van der Waals surface area contributed by atoms with Gasteiger partial charge >= 0.3 is 0 Å². The Morgan fingerprint density at radius 2 is 2.00 bits per heavy atom. The number of rotatable bonds is 3. The highest BCUT2D eigenvalue weighted by Gasteiger charge is 2.37. The molecule has 1 aromatic carbocycles. The zero-order chi connectivity index (χ0) is 19.6. The molecule has 1 fully saturated rings. The van der Waals surface area contributed by atoms with Gasteiger partial charge in [-0.15, -0.1) is 0 Å². The van der Waals surface area contributed by atoms with E-state index in [1.165, 1.54) is 16.6 Å². The number of piperidine rings is 1. The Balaban J connectivity index is 1.82. The Hall–Kier alpha value is -2.46. The van der Waals surface area contributed by atoms with Crippen molar-refractivity contribution in [1.82, 2.24) is 18.9 Å². The van der Waals surface area contributed by atoms with Crippen LogP contribution in [0.15, 0.2) is 18.3 Å². The number of nitrogens with one attached hydrogen (secondary N) is 1. The molecule has 3 heterocycles. The second-order valence-corrected chi connectivity index (χ2v) is 9.36. The zero-order valence-electron chi connectivity index (χ0n) is 15.0. The van der Waals surface area contributed by atoms with Crippen molar-refractivity contribution in [1.29, 1.82) is 0 Å². The van der Waals surface area contributed by atoms with E-state index in [0.29, 0.717) is 42.6 Å². The van der Waals surface area contributed by atoms with E-state index >= 15 is 0 Å². The maximum Gasteiger partial charge on any atom is 0.251 e. The molecule has 27 heavy (non-hydrogen) atoms. The fourth-order valence-electron chi connectivity index (χ4n) is 3.90. The normalized spacial score (nSPS) is 18.3. The summed E-state index contributed by atoms with van der Waals surface area (Å²) >= 11 is 0. The molecule has 0 spiro atoms. The third-order valence-electron chi connectivity index (χ3n) is 5.52. The van der Waals surface area contributed by atoms with Gasteiger partial charge in [0.15, 0.2) is 0 Å². The van der Waals surface area contributed by atoms with Crippen LogP contribution in [-0.4, -0.2) is 52.6 Å². The lowest BCUT2D eigenvalue weighted by molar-refractivity contribution is 0.100. The second-order valence-electron chi connectivity index (χ2n) is 7.38. The van der Waals surface area contributed by atoms with Crippen molar-refractivity contribution in [3.63, 3.8) is 0 Å². The first-order chi connectivity index (χ1) is 12.6. The van der Waals surface area contributed by atoms with Gasteiger partial charge in [-0.3, -0.25) is 4.79 Å². The van der Waals surface area contributed by atoms with E-state index in [1.54, 1.807) is 10.7 Å². The lowest BCUT2D eigenvalue weighted by Crippen LogP contribution is -2.43. The number of sulfonamides is 1. The molecular formula is C17H20FN5O3S. The molecular weight excluding hydrogens is 373 g/mol. The number of halogens is 1. The number of fused-ring (bicyclic) bond motifs is 3. The summed E-state index contributed by atoms with van der Waals surface area (Å²) in [5.74, 6) is -1.29. The summed E-state index contributed by atoms with van der Waals surface area (Å²) in [5, 5.41) is 4.39. The second kappa shape index (κ2) is 5.77. The highest BCUT2D eigenvalue weighted by atomic mass is 32.2. The Morgan fingerprint density at radius 3 is 2.59 bits per heavy atom. The molecule has 1 saturated heterocycles. The number of nitrogens with zero attached hydrogens (tertiary/aromatic N) is 3. The maximum atomic E-state index is 13.9. The van der Waals surface area contributed by atoms with Crippen LogP contribution < -0.4 is 5.73 Å². The number of aromatic nitrogens is 3. The van der Waals surface area contributed by atoms with Crippen LogP contribution in [0.2, 0.25) is 0 Å². The van der Waals surface area contributed by atoms with Gasteiger partial charge in [-0.2, -0.15) is 5.10 Å². The number of hydrogen-bond acceptors (Lipinski definition) is 4. The van der Waals surface area contributed by atoms with Crippen LogP contribution in [0.3, 0.4) is 0 Å². The predicted octanol–water partition coefficient (Wildman–Crippen LogP) is 1.37. The Bertz CT molecular complexity index is 1170. The summed E-state index contributed by atoms with van der Waals surface area (Å²) in [6.45, 7) is 2.91. The number of H-pyrrole nitrogens is 1. The van der Waals surface area contributed by atoms with Crippen molar-refractivity contribution in [2.24, 2.45) is 5.73 Å². The van der Waals surface area contributed by atoms with E-state index in [0.717, 1.165) is 11.6 Å². The minimum Gasteiger partial charge on any atom is -0.366 e. The molecule has 2 aromatic heterocycles. The van der Waals surface area contributed by atoms with Crippen LogP contribution in [0.1, 0.15) is 35.7 Å². The van der Waals surface area contributed by atoms with Crippen LogP contribution >= 0.6 is 0 Å². The fraction of sp³-hybridized carbons (Fsp3) is 0.412. The van der Waals surface area contributed by atoms with Crippen molar-refractivity contribution in [3.05, 3.63) is 35.3 Å². The summed E-state index contributed by atoms with van der Waals surface area (Å²) in [6, 6.07) is 2.40. The maximum absolute atomic E-state index is 13.9. The van der Waals surface area contributed by atoms with Gasteiger partial charge in [0.05, 0.1) is 23.5 Å². The largest absolute Gasteiger partial charge is 0.366 e. The highest BCUT2D eigenvalue weighted by Crippen LogP contribution is 2.38. The van der Waals surface area contributed by atoms with Crippen LogP contribution in [-0.2, 0) is 15.4 Å². The monoisotopic (exact) mass is 393 g/mol. The SMILES string of the molecule is CC1(c2cnn3c2[nH]c2cc(F)cc(C(N)=O)c23)CCN(S(C)(=O)=O)CC1. The smallest absolute Gasteiger partial charge is 0.251 e. The summed E-state index contributed by atoms with van der Waals surface area (Å²) in [7, 11) is -3.22. The molecule has 4 rings (SSSR count).